The Morgan fingerprint density at radius 1 is 1.37 bits per heavy atom. The number of carbonyl (C=O) groups excluding carboxylic acids is 1. The van der Waals surface area contributed by atoms with Gasteiger partial charge in [-0.05, 0) is 44.4 Å². The third kappa shape index (κ3) is 6.03. The maximum atomic E-state index is 10.7. The van der Waals surface area contributed by atoms with Crippen LogP contribution in [0.1, 0.15) is 45.4 Å². The Morgan fingerprint density at radius 2 is 2.05 bits per heavy atom. The van der Waals surface area contributed by atoms with Gasteiger partial charge in [0.05, 0.1) is 6.10 Å². The Kier molecular flexibility index (Phi) is 7.45. The highest BCUT2D eigenvalue weighted by Crippen LogP contribution is 2.33. The first-order valence-corrected chi connectivity index (χ1v) is 7.00. The van der Waals surface area contributed by atoms with Crippen molar-refractivity contribution < 1.29 is 20.0 Å². The minimum atomic E-state index is -0.653. The molecule has 1 rings (SSSR count). The average Bonchev–Trinajstić information content (AvgIpc) is 2.84. The fourth-order valence-electron chi connectivity index (χ4n) is 2.61. The first kappa shape index (κ1) is 15.9. The Morgan fingerprint density at radius 3 is 2.68 bits per heavy atom. The van der Waals surface area contributed by atoms with Gasteiger partial charge in [0.2, 0.25) is 0 Å². The first-order chi connectivity index (χ1) is 9.17. The van der Waals surface area contributed by atoms with E-state index in [9.17, 15) is 9.90 Å². The summed E-state index contributed by atoms with van der Waals surface area (Å²) in [6.07, 6.45) is 12.5. The third-order valence-corrected chi connectivity index (χ3v) is 3.63. The number of carbonyl (C=O) groups is 1. The van der Waals surface area contributed by atoms with E-state index < -0.39 is 12.1 Å². The van der Waals surface area contributed by atoms with E-state index >= 15 is 0 Å². The smallest absolute Gasteiger partial charge is 0.342 e. The summed E-state index contributed by atoms with van der Waals surface area (Å²) in [5.74, 6) is 0.464. The van der Waals surface area contributed by atoms with Crippen LogP contribution in [0.5, 0.6) is 0 Å². The predicted molar refractivity (Wildman–Crippen MR) is 73.4 cm³/mol. The highest BCUT2D eigenvalue weighted by Gasteiger charge is 2.22. The summed E-state index contributed by atoms with van der Waals surface area (Å²) in [5, 5.41) is 17.9. The molecule has 0 aliphatic heterocycles. The van der Waals surface area contributed by atoms with Crippen molar-refractivity contribution in [2.24, 2.45) is 11.8 Å². The van der Waals surface area contributed by atoms with Crippen LogP contribution in [0, 0.1) is 11.8 Å². The summed E-state index contributed by atoms with van der Waals surface area (Å²) in [6.45, 7) is 2.04. The quantitative estimate of drug-likeness (QED) is 0.423. The van der Waals surface area contributed by atoms with Gasteiger partial charge in [0, 0.05) is 6.42 Å². The first-order valence-electron chi connectivity index (χ1n) is 7.00. The maximum Gasteiger partial charge on any atom is 0.342 e. The molecule has 0 amide bonds. The van der Waals surface area contributed by atoms with E-state index in [0.717, 1.165) is 0 Å². The lowest BCUT2D eigenvalue weighted by atomic mass is 9.94. The van der Waals surface area contributed by atoms with Gasteiger partial charge >= 0.3 is 5.97 Å². The molecule has 0 aromatic heterocycles. The normalized spacial score (nSPS) is 25.2. The van der Waals surface area contributed by atoms with Crippen LogP contribution in [0.4, 0.5) is 0 Å². The molecule has 0 aromatic carbocycles. The van der Waals surface area contributed by atoms with Crippen LogP contribution in [0.25, 0.3) is 0 Å². The van der Waals surface area contributed by atoms with Crippen molar-refractivity contribution in [3.05, 3.63) is 24.3 Å². The molecule has 1 saturated carbocycles. The lowest BCUT2D eigenvalue weighted by Crippen LogP contribution is -2.07. The fraction of sp³-hybridized carbons (Fsp3) is 0.667. The molecule has 1 fully saturated rings. The van der Waals surface area contributed by atoms with Crippen molar-refractivity contribution in [2.75, 3.05) is 0 Å². The van der Waals surface area contributed by atoms with Crippen LogP contribution >= 0.6 is 0 Å². The lowest BCUT2D eigenvalue weighted by molar-refractivity contribution is -0.234. The van der Waals surface area contributed by atoms with E-state index in [1.54, 1.807) is 0 Å². The Hall–Kier alpha value is -1.13. The summed E-state index contributed by atoms with van der Waals surface area (Å²) in [7, 11) is 0. The number of rotatable bonds is 7. The van der Waals surface area contributed by atoms with E-state index in [4.69, 9.17) is 5.26 Å². The molecule has 108 valence electrons. The van der Waals surface area contributed by atoms with Gasteiger partial charge in [0.25, 0.3) is 0 Å². The second-order valence-corrected chi connectivity index (χ2v) is 5.09. The summed E-state index contributed by atoms with van der Waals surface area (Å²) >= 11 is 0. The molecule has 0 saturated heterocycles. The van der Waals surface area contributed by atoms with Crippen molar-refractivity contribution in [3.8, 4) is 0 Å². The van der Waals surface area contributed by atoms with Gasteiger partial charge in [0.15, 0.2) is 0 Å². The number of hydrogen-bond acceptors (Lipinski definition) is 4. The second-order valence-electron chi connectivity index (χ2n) is 5.09. The van der Waals surface area contributed by atoms with Gasteiger partial charge in [-0.1, -0.05) is 30.7 Å². The van der Waals surface area contributed by atoms with Crippen molar-refractivity contribution >= 4 is 5.97 Å². The summed E-state index contributed by atoms with van der Waals surface area (Å²) in [4.78, 5) is 14.3. The molecular formula is C15H24O4. The summed E-state index contributed by atoms with van der Waals surface area (Å²) in [6, 6.07) is 0. The topological polar surface area (TPSA) is 66.8 Å². The minimum absolute atomic E-state index is 0.131. The SMILES string of the molecule is CC=C[C@H]1CCC[C@@H]1C=CC(O)CCCC(=O)OO. The van der Waals surface area contributed by atoms with Gasteiger partial charge < -0.3 is 9.99 Å². The Balaban J connectivity index is 2.28. The van der Waals surface area contributed by atoms with Gasteiger partial charge in [0.1, 0.15) is 0 Å². The minimum Gasteiger partial charge on any atom is -0.389 e. The lowest BCUT2D eigenvalue weighted by Gasteiger charge is -2.12. The summed E-state index contributed by atoms with van der Waals surface area (Å²) in [5.41, 5.74) is 0. The van der Waals surface area contributed by atoms with E-state index in [0.29, 0.717) is 24.7 Å². The molecule has 2 N–H and O–H groups in total. The Bertz CT molecular complexity index is 322. The average molecular weight is 268 g/mol. The molecule has 1 unspecified atom stereocenters. The van der Waals surface area contributed by atoms with Gasteiger partial charge in [-0.3, -0.25) is 0 Å². The number of aliphatic hydroxyl groups excluding tert-OH is 1. The molecule has 0 aromatic rings. The highest BCUT2D eigenvalue weighted by molar-refractivity contribution is 5.68. The van der Waals surface area contributed by atoms with Crippen LogP contribution in [0.2, 0.25) is 0 Å². The number of allylic oxidation sites excluding steroid dienone is 3. The van der Waals surface area contributed by atoms with Crippen LogP contribution in [-0.2, 0) is 9.68 Å². The number of aliphatic hydroxyl groups is 1. The fourth-order valence-corrected chi connectivity index (χ4v) is 2.61. The largest absolute Gasteiger partial charge is 0.389 e. The van der Waals surface area contributed by atoms with Gasteiger partial charge in [-0.25, -0.2) is 4.79 Å². The van der Waals surface area contributed by atoms with Crippen molar-refractivity contribution in [1.29, 1.82) is 0 Å². The maximum absolute atomic E-state index is 10.7. The molecule has 0 radical (unpaired) electrons. The molecule has 0 heterocycles. The van der Waals surface area contributed by atoms with Crippen LogP contribution in [0.15, 0.2) is 24.3 Å². The van der Waals surface area contributed by atoms with Gasteiger partial charge in [-0.15, -0.1) is 0 Å². The van der Waals surface area contributed by atoms with Crippen LogP contribution in [-0.4, -0.2) is 22.4 Å². The molecule has 0 spiro atoms. The molecule has 1 aliphatic rings. The molecule has 19 heavy (non-hydrogen) atoms. The van der Waals surface area contributed by atoms with Crippen molar-refractivity contribution in [3.63, 3.8) is 0 Å². The molecule has 4 nitrogen and oxygen atoms in total. The van der Waals surface area contributed by atoms with Crippen molar-refractivity contribution in [1.82, 2.24) is 0 Å². The zero-order valence-electron chi connectivity index (χ0n) is 11.5. The van der Waals surface area contributed by atoms with Crippen molar-refractivity contribution in [2.45, 2.75) is 51.6 Å². The Labute approximate surface area is 114 Å². The van der Waals surface area contributed by atoms with Crippen LogP contribution in [0.3, 0.4) is 0 Å². The molecule has 1 aliphatic carbocycles. The van der Waals surface area contributed by atoms with E-state index in [2.05, 4.69) is 23.1 Å². The van der Waals surface area contributed by atoms with Gasteiger partial charge in [-0.2, -0.15) is 5.26 Å². The molecule has 4 heteroatoms. The monoisotopic (exact) mass is 268 g/mol. The zero-order valence-corrected chi connectivity index (χ0v) is 11.5. The highest BCUT2D eigenvalue weighted by atomic mass is 17.1. The van der Waals surface area contributed by atoms with E-state index in [1.165, 1.54) is 19.3 Å². The third-order valence-electron chi connectivity index (χ3n) is 3.63. The standard InChI is InChI=1S/C15H24O4/c1-2-5-12-6-3-7-13(12)10-11-14(16)8-4-9-15(17)19-18/h2,5,10-14,16,18H,3-4,6-9H2,1H3/t12-,13+,14?/m0/s1. The second kappa shape index (κ2) is 8.88. The zero-order chi connectivity index (χ0) is 14.1. The predicted octanol–water partition coefficient (Wildman–Crippen LogP) is 3.08. The van der Waals surface area contributed by atoms with E-state index in [1.807, 2.05) is 13.0 Å². The van der Waals surface area contributed by atoms with E-state index in [-0.39, 0.29) is 6.42 Å². The summed E-state index contributed by atoms with van der Waals surface area (Å²) < 4.78 is 0. The number of hydrogen-bond donors (Lipinski definition) is 2. The molecule has 3 atom stereocenters. The molecular weight excluding hydrogens is 244 g/mol. The molecule has 0 bridgehead atoms. The van der Waals surface area contributed by atoms with Crippen LogP contribution < -0.4 is 0 Å².